The van der Waals surface area contributed by atoms with Crippen LogP contribution in [0.4, 0.5) is 5.69 Å². The molecule has 9 nitrogen and oxygen atoms in total. The highest BCUT2D eigenvalue weighted by molar-refractivity contribution is 8.15. The van der Waals surface area contributed by atoms with E-state index < -0.39 is 5.25 Å². The first-order valence-corrected chi connectivity index (χ1v) is 12.4. The summed E-state index contributed by atoms with van der Waals surface area (Å²) in [6.07, 6.45) is 0.00927. The molecule has 0 saturated carbocycles. The fourth-order valence-electron chi connectivity index (χ4n) is 3.80. The molecule has 3 amide bonds. The van der Waals surface area contributed by atoms with Gasteiger partial charge in [-0.1, -0.05) is 23.9 Å². The lowest BCUT2D eigenvalue weighted by atomic mass is 10.1. The van der Waals surface area contributed by atoms with Crippen molar-refractivity contribution in [3.8, 4) is 11.5 Å². The number of aliphatic imine (C=N–C) groups is 1. The lowest BCUT2D eigenvalue weighted by molar-refractivity contribution is -0.121. The minimum atomic E-state index is -0.542. The number of carbonyl (C=O) groups excluding carboxylic acids is 3. The highest BCUT2D eigenvalue weighted by Gasteiger charge is 2.32. The average Bonchev–Trinajstić information content (AvgIpc) is 3.46. The Labute approximate surface area is 208 Å². The highest BCUT2D eigenvalue weighted by Crippen LogP contribution is 2.34. The number of hydrogen-bond acceptors (Lipinski definition) is 7. The fraction of sp³-hybridized carbons (Fsp3) is 0.360. The zero-order chi connectivity index (χ0) is 24.9. The second-order valence-electron chi connectivity index (χ2n) is 8.15. The predicted molar refractivity (Wildman–Crippen MR) is 135 cm³/mol. The molecular formula is C25H28N4O5S. The monoisotopic (exact) mass is 496 g/mol. The van der Waals surface area contributed by atoms with Gasteiger partial charge in [0.15, 0.2) is 16.7 Å². The van der Waals surface area contributed by atoms with E-state index in [9.17, 15) is 14.4 Å². The Morgan fingerprint density at radius 3 is 2.69 bits per heavy atom. The lowest BCUT2D eigenvalue weighted by Gasteiger charge is -2.19. The van der Waals surface area contributed by atoms with E-state index in [0.29, 0.717) is 27.9 Å². The Balaban J connectivity index is 1.33. The largest absolute Gasteiger partial charge is 0.454 e. The van der Waals surface area contributed by atoms with E-state index in [-0.39, 0.29) is 37.0 Å². The maximum Gasteiger partial charge on any atom is 0.262 e. The first-order valence-electron chi connectivity index (χ1n) is 11.5. The molecule has 0 aromatic heterocycles. The Morgan fingerprint density at radius 1 is 1.14 bits per heavy atom. The minimum absolute atomic E-state index is 0.00927. The van der Waals surface area contributed by atoms with Gasteiger partial charge in [0.1, 0.15) is 5.25 Å². The first kappa shape index (κ1) is 24.6. The molecule has 2 N–H and O–H groups in total. The van der Waals surface area contributed by atoms with Crippen molar-refractivity contribution in [3.05, 3.63) is 53.6 Å². The van der Waals surface area contributed by atoms with Crippen molar-refractivity contribution in [3.63, 3.8) is 0 Å². The third-order valence-electron chi connectivity index (χ3n) is 5.79. The Morgan fingerprint density at radius 2 is 1.91 bits per heavy atom. The number of anilines is 1. The van der Waals surface area contributed by atoms with Gasteiger partial charge in [0.2, 0.25) is 12.7 Å². The van der Waals surface area contributed by atoms with Crippen LogP contribution in [0.3, 0.4) is 0 Å². The van der Waals surface area contributed by atoms with Crippen LogP contribution in [0.25, 0.3) is 0 Å². The molecule has 2 atom stereocenters. The van der Waals surface area contributed by atoms with Crippen molar-refractivity contribution in [1.29, 1.82) is 0 Å². The van der Waals surface area contributed by atoms with E-state index in [4.69, 9.17) is 9.47 Å². The molecule has 0 bridgehead atoms. The molecule has 2 heterocycles. The summed E-state index contributed by atoms with van der Waals surface area (Å²) in [4.78, 5) is 43.8. The van der Waals surface area contributed by atoms with Crippen molar-refractivity contribution < 1.29 is 23.9 Å². The van der Waals surface area contributed by atoms with E-state index in [0.717, 1.165) is 18.7 Å². The van der Waals surface area contributed by atoms with Gasteiger partial charge in [-0.2, -0.15) is 4.99 Å². The standard InChI is InChI=1S/C25H28N4O5S/c1-4-29(5-2)25-28-24(32)21(35-25)13-22(30)27-18-8-6-7-17(11-18)23(31)26-15(3)16-9-10-19-20(12-16)34-14-33-19/h6-12,15,21H,4-5,13-14H2,1-3H3,(H,26,31)(H,27,30)/t15-,21+/m0/s1. The van der Waals surface area contributed by atoms with Gasteiger partial charge in [-0.3, -0.25) is 14.4 Å². The Bertz CT molecular complexity index is 1160. The number of amidine groups is 1. The molecule has 0 unspecified atom stereocenters. The molecule has 0 fully saturated rings. The summed E-state index contributed by atoms with van der Waals surface area (Å²) in [7, 11) is 0. The van der Waals surface area contributed by atoms with Crippen molar-refractivity contribution in [2.45, 2.75) is 38.5 Å². The molecule has 2 aliphatic rings. The summed E-state index contributed by atoms with van der Waals surface area (Å²) >= 11 is 1.32. The predicted octanol–water partition coefficient (Wildman–Crippen LogP) is 3.57. The molecule has 2 aromatic carbocycles. The van der Waals surface area contributed by atoms with Crippen LogP contribution in [0.1, 0.15) is 49.2 Å². The average molecular weight is 497 g/mol. The fourth-order valence-corrected chi connectivity index (χ4v) is 5.00. The minimum Gasteiger partial charge on any atom is -0.454 e. The van der Waals surface area contributed by atoms with E-state index in [1.54, 1.807) is 24.3 Å². The van der Waals surface area contributed by atoms with Crippen LogP contribution < -0.4 is 20.1 Å². The summed E-state index contributed by atoms with van der Waals surface area (Å²) < 4.78 is 10.7. The molecule has 0 saturated heterocycles. The van der Waals surface area contributed by atoms with Gasteiger partial charge >= 0.3 is 0 Å². The first-order chi connectivity index (χ1) is 16.9. The normalized spacial score (nSPS) is 17.1. The third-order valence-corrected chi connectivity index (χ3v) is 7.00. The Hall–Kier alpha value is -3.53. The number of nitrogens with one attached hydrogen (secondary N) is 2. The van der Waals surface area contributed by atoms with Crippen LogP contribution >= 0.6 is 11.8 Å². The Kier molecular flexibility index (Phi) is 7.60. The van der Waals surface area contributed by atoms with Crippen LogP contribution in [0, 0.1) is 0 Å². The van der Waals surface area contributed by atoms with Gasteiger partial charge in [0.25, 0.3) is 11.8 Å². The van der Waals surface area contributed by atoms with Crippen molar-refractivity contribution in [2.75, 3.05) is 25.2 Å². The smallest absolute Gasteiger partial charge is 0.262 e. The summed E-state index contributed by atoms with van der Waals surface area (Å²) in [5.41, 5.74) is 1.78. The molecule has 35 heavy (non-hydrogen) atoms. The number of ether oxygens (including phenoxy) is 2. The molecule has 0 radical (unpaired) electrons. The quantitative estimate of drug-likeness (QED) is 0.575. The zero-order valence-electron chi connectivity index (χ0n) is 19.9. The summed E-state index contributed by atoms with van der Waals surface area (Å²) in [6.45, 7) is 7.56. The van der Waals surface area contributed by atoms with Gasteiger partial charge in [-0.15, -0.1) is 0 Å². The summed E-state index contributed by atoms with van der Waals surface area (Å²) in [6, 6.07) is 12.0. The van der Waals surface area contributed by atoms with E-state index in [1.807, 2.05) is 43.9 Å². The van der Waals surface area contributed by atoms with Gasteiger partial charge in [0, 0.05) is 30.8 Å². The molecule has 4 rings (SSSR count). The van der Waals surface area contributed by atoms with Crippen molar-refractivity contribution in [1.82, 2.24) is 10.2 Å². The molecule has 0 spiro atoms. The topological polar surface area (TPSA) is 109 Å². The van der Waals surface area contributed by atoms with Crippen LogP contribution in [0.2, 0.25) is 0 Å². The molecular weight excluding hydrogens is 468 g/mol. The van der Waals surface area contributed by atoms with Gasteiger partial charge in [0.05, 0.1) is 6.04 Å². The lowest BCUT2D eigenvalue weighted by Crippen LogP contribution is -2.28. The van der Waals surface area contributed by atoms with Crippen LogP contribution in [0.5, 0.6) is 11.5 Å². The molecule has 0 aliphatic carbocycles. The number of fused-ring (bicyclic) bond motifs is 1. The molecule has 2 aliphatic heterocycles. The van der Waals surface area contributed by atoms with Gasteiger partial charge in [-0.25, -0.2) is 0 Å². The maximum atomic E-state index is 12.8. The van der Waals surface area contributed by atoms with Crippen molar-refractivity contribution in [2.24, 2.45) is 4.99 Å². The number of thioether (sulfide) groups is 1. The molecule has 10 heteroatoms. The van der Waals surface area contributed by atoms with E-state index in [1.165, 1.54) is 11.8 Å². The SMILES string of the molecule is CCN(CC)C1=NC(=O)[C@@H](CC(=O)Nc2cccc(C(=O)N[C@@H](C)c3ccc4c(c3)OCO4)c2)S1. The highest BCUT2D eigenvalue weighted by atomic mass is 32.2. The second-order valence-corrected chi connectivity index (χ2v) is 9.32. The molecule has 2 aromatic rings. The van der Waals surface area contributed by atoms with Crippen LogP contribution in [0.15, 0.2) is 47.5 Å². The zero-order valence-corrected chi connectivity index (χ0v) is 20.7. The van der Waals surface area contributed by atoms with E-state index in [2.05, 4.69) is 15.6 Å². The second kappa shape index (κ2) is 10.8. The third kappa shape index (κ3) is 5.76. The summed E-state index contributed by atoms with van der Waals surface area (Å²) in [5, 5.41) is 5.87. The van der Waals surface area contributed by atoms with Crippen LogP contribution in [-0.4, -0.2) is 52.9 Å². The summed E-state index contributed by atoms with van der Waals surface area (Å²) in [5.74, 6) is 0.465. The van der Waals surface area contributed by atoms with E-state index >= 15 is 0 Å². The molecule has 184 valence electrons. The van der Waals surface area contributed by atoms with Crippen LogP contribution in [-0.2, 0) is 9.59 Å². The van der Waals surface area contributed by atoms with Gasteiger partial charge < -0.3 is 25.0 Å². The number of rotatable bonds is 8. The van der Waals surface area contributed by atoms with Gasteiger partial charge in [-0.05, 0) is 56.7 Å². The maximum absolute atomic E-state index is 12.8. The number of nitrogens with zero attached hydrogens (tertiary/aromatic N) is 2. The number of benzene rings is 2. The number of amides is 3. The number of carbonyl (C=O) groups is 3. The number of hydrogen-bond donors (Lipinski definition) is 2. The van der Waals surface area contributed by atoms with Crippen molar-refractivity contribution >= 4 is 40.3 Å².